The Labute approximate surface area is 124 Å². The molecule has 6 heteroatoms. The summed E-state index contributed by atoms with van der Waals surface area (Å²) in [6.07, 6.45) is 1.78. The molecule has 0 amide bonds. The second kappa shape index (κ2) is 6.09. The fourth-order valence-electron chi connectivity index (χ4n) is 2.04. The Morgan fingerprint density at radius 2 is 1.80 bits per heavy atom. The molecule has 112 valence electrons. The molecule has 0 aromatic carbocycles. The van der Waals surface area contributed by atoms with Gasteiger partial charge < -0.3 is 8.99 Å². The maximum atomic E-state index is 12.0. The van der Waals surface area contributed by atoms with E-state index in [1.165, 1.54) is 0 Å². The van der Waals surface area contributed by atoms with Gasteiger partial charge in [0.25, 0.3) is 0 Å². The first-order valence-electron chi connectivity index (χ1n) is 7.01. The summed E-state index contributed by atoms with van der Waals surface area (Å²) < 4.78 is 7.83. The van der Waals surface area contributed by atoms with Crippen LogP contribution in [0.5, 0.6) is 0 Å². The summed E-state index contributed by atoms with van der Waals surface area (Å²) >= 11 is 0. The van der Waals surface area contributed by atoms with Crippen LogP contribution in [0.4, 0.5) is 5.69 Å². The molecule has 0 bridgehead atoms. The third kappa shape index (κ3) is 4.75. The molecule has 4 nitrogen and oxygen atoms in total. The number of rotatable bonds is 5. The number of anilines is 1. The van der Waals surface area contributed by atoms with E-state index in [-0.39, 0.29) is 5.97 Å². The molecule has 1 aromatic heterocycles. The van der Waals surface area contributed by atoms with E-state index >= 15 is 0 Å². The highest BCUT2D eigenvalue weighted by molar-refractivity contribution is 6.79. The molecule has 1 aromatic rings. The van der Waals surface area contributed by atoms with Crippen molar-refractivity contribution in [3.8, 4) is 0 Å². The minimum atomic E-state index is -1.87. The average molecular weight is 311 g/mol. The van der Waals surface area contributed by atoms with Gasteiger partial charge in [-0.05, 0) is 38.7 Å². The zero-order valence-electron chi connectivity index (χ0n) is 13.7. The maximum Gasteiger partial charge on any atom is 0.343 e. The quantitative estimate of drug-likeness (QED) is 0.777. The Morgan fingerprint density at radius 1 is 1.20 bits per heavy atom. The molecule has 0 saturated heterocycles. The number of aromatic nitrogens is 1. The minimum absolute atomic E-state index is 0.313. The van der Waals surface area contributed by atoms with E-state index in [4.69, 9.17) is 4.43 Å². The summed E-state index contributed by atoms with van der Waals surface area (Å²) in [5, 5.41) is 0. The van der Waals surface area contributed by atoms with Crippen LogP contribution in [0.2, 0.25) is 39.3 Å². The molecule has 0 unspecified atom stereocenters. The molecular formula is C14H26N2O2Si2. The van der Waals surface area contributed by atoms with Crippen molar-refractivity contribution in [3.05, 3.63) is 24.0 Å². The summed E-state index contributed by atoms with van der Waals surface area (Å²) in [5.41, 5.74) is 1.47. The molecule has 0 radical (unpaired) electrons. The van der Waals surface area contributed by atoms with E-state index in [9.17, 15) is 4.79 Å². The van der Waals surface area contributed by atoms with Crippen molar-refractivity contribution >= 4 is 28.2 Å². The van der Waals surface area contributed by atoms with Gasteiger partial charge in [0.05, 0.1) is 6.20 Å². The van der Waals surface area contributed by atoms with Crippen LogP contribution in [0.1, 0.15) is 17.4 Å². The fourth-order valence-corrected chi connectivity index (χ4v) is 4.56. The molecular weight excluding hydrogens is 284 g/mol. The summed E-state index contributed by atoms with van der Waals surface area (Å²) in [5.74, 6) is -0.313. The average Bonchev–Trinajstić information content (AvgIpc) is 2.26. The Kier molecular flexibility index (Phi) is 5.15. The molecule has 0 atom stereocenters. The highest BCUT2D eigenvalue weighted by Crippen LogP contribution is 2.21. The zero-order valence-corrected chi connectivity index (χ0v) is 15.7. The molecule has 0 spiro atoms. The number of hydrogen-bond donors (Lipinski definition) is 0. The number of hydrogen-bond acceptors (Lipinski definition) is 4. The van der Waals surface area contributed by atoms with Crippen molar-refractivity contribution in [3.63, 3.8) is 0 Å². The largest absolute Gasteiger partial charge is 0.515 e. The molecule has 1 heterocycles. The second-order valence-electron chi connectivity index (χ2n) is 6.82. The smallest absolute Gasteiger partial charge is 0.343 e. The zero-order chi connectivity index (χ0) is 15.6. The van der Waals surface area contributed by atoms with Gasteiger partial charge in [0.1, 0.15) is 13.9 Å². The van der Waals surface area contributed by atoms with Crippen molar-refractivity contribution in [1.82, 2.24) is 4.98 Å². The van der Waals surface area contributed by atoms with Crippen LogP contribution >= 0.6 is 0 Å². The predicted octanol–water partition coefficient (Wildman–Crippen LogP) is 3.73. The van der Waals surface area contributed by atoms with Gasteiger partial charge in [0, 0.05) is 12.2 Å². The lowest BCUT2D eigenvalue weighted by Crippen LogP contribution is -2.46. The molecule has 0 aliphatic carbocycles. The van der Waals surface area contributed by atoms with Crippen LogP contribution in [-0.2, 0) is 4.43 Å². The summed E-state index contributed by atoms with van der Waals surface area (Å²) in [7, 11) is -3.29. The lowest BCUT2D eigenvalue weighted by molar-refractivity contribution is 0.0718. The SMILES string of the molecule is CCN(c1ccc(C(=O)O[Si](C)(C)C)nc1)[Si](C)(C)C. The maximum absolute atomic E-state index is 12.0. The summed E-state index contributed by atoms with van der Waals surface area (Å²) in [6, 6.07) is 3.73. The molecule has 0 N–H and O–H groups in total. The highest BCUT2D eigenvalue weighted by Gasteiger charge is 2.24. The van der Waals surface area contributed by atoms with Crippen molar-refractivity contribution in [2.45, 2.75) is 46.2 Å². The van der Waals surface area contributed by atoms with E-state index in [0.29, 0.717) is 5.69 Å². The molecule has 1 rings (SSSR count). The Balaban J connectivity index is 2.91. The van der Waals surface area contributed by atoms with Crippen molar-refractivity contribution < 1.29 is 9.22 Å². The molecule has 0 fully saturated rings. The molecule has 0 aliphatic heterocycles. The normalized spacial score (nSPS) is 12.2. The Morgan fingerprint density at radius 3 is 2.15 bits per heavy atom. The van der Waals surface area contributed by atoms with Gasteiger partial charge in [-0.25, -0.2) is 9.78 Å². The van der Waals surface area contributed by atoms with Gasteiger partial charge in [-0.1, -0.05) is 19.6 Å². The van der Waals surface area contributed by atoms with Gasteiger partial charge in [-0.2, -0.15) is 0 Å². The number of carbonyl (C=O) groups is 1. The van der Waals surface area contributed by atoms with E-state index in [0.717, 1.165) is 12.2 Å². The third-order valence-corrected chi connectivity index (χ3v) is 5.79. The van der Waals surface area contributed by atoms with E-state index < -0.39 is 16.6 Å². The first-order valence-corrected chi connectivity index (χ1v) is 13.9. The molecule has 0 aliphatic rings. The van der Waals surface area contributed by atoms with Crippen LogP contribution in [0, 0.1) is 0 Å². The Bertz CT molecular complexity index is 462. The van der Waals surface area contributed by atoms with Gasteiger partial charge in [-0.15, -0.1) is 0 Å². The molecule has 0 saturated carbocycles. The number of pyridine rings is 1. The van der Waals surface area contributed by atoms with E-state index in [1.807, 2.05) is 25.7 Å². The monoisotopic (exact) mass is 310 g/mol. The minimum Gasteiger partial charge on any atom is -0.515 e. The van der Waals surface area contributed by atoms with E-state index in [1.54, 1.807) is 12.3 Å². The van der Waals surface area contributed by atoms with E-state index in [2.05, 4.69) is 36.1 Å². The highest BCUT2D eigenvalue weighted by atomic mass is 28.4. The van der Waals surface area contributed by atoms with Crippen LogP contribution in [0.3, 0.4) is 0 Å². The topological polar surface area (TPSA) is 42.4 Å². The summed E-state index contributed by atoms with van der Waals surface area (Å²) in [6.45, 7) is 16.0. The van der Waals surface area contributed by atoms with Gasteiger partial charge >= 0.3 is 5.97 Å². The van der Waals surface area contributed by atoms with Crippen LogP contribution in [-0.4, -0.2) is 34.1 Å². The van der Waals surface area contributed by atoms with Crippen LogP contribution in [0.25, 0.3) is 0 Å². The van der Waals surface area contributed by atoms with Crippen molar-refractivity contribution in [1.29, 1.82) is 0 Å². The Hall–Kier alpha value is -1.15. The van der Waals surface area contributed by atoms with Crippen molar-refractivity contribution in [2.24, 2.45) is 0 Å². The van der Waals surface area contributed by atoms with Crippen LogP contribution in [0.15, 0.2) is 18.3 Å². The van der Waals surface area contributed by atoms with Crippen molar-refractivity contribution in [2.75, 3.05) is 11.1 Å². The number of nitrogens with zero attached hydrogens (tertiary/aromatic N) is 2. The second-order valence-corrected chi connectivity index (χ2v) is 16.1. The van der Waals surface area contributed by atoms with Gasteiger partial charge in [0.15, 0.2) is 0 Å². The van der Waals surface area contributed by atoms with Gasteiger partial charge in [0.2, 0.25) is 8.32 Å². The summed E-state index contributed by atoms with van der Waals surface area (Å²) in [4.78, 5) is 16.2. The van der Waals surface area contributed by atoms with Gasteiger partial charge in [-0.3, -0.25) is 0 Å². The lowest BCUT2D eigenvalue weighted by atomic mass is 10.3. The van der Waals surface area contributed by atoms with Crippen LogP contribution < -0.4 is 4.57 Å². The number of carbonyl (C=O) groups excluding carboxylic acids is 1. The lowest BCUT2D eigenvalue weighted by Gasteiger charge is -2.35. The fraction of sp³-hybridized carbons (Fsp3) is 0.571. The third-order valence-electron chi connectivity index (χ3n) is 2.79. The first kappa shape index (κ1) is 16.9. The first-order chi connectivity index (χ1) is 9.04. The molecule has 20 heavy (non-hydrogen) atoms. The standard InChI is InChI=1S/C14H26N2O2Si2/c1-8-16(19(2,3)4)12-9-10-13(15-11-12)14(17)18-20(5,6)7/h9-11H,8H2,1-7H3. The predicted molar refractivity (Wildman–Crippen MR) is 89.4 cm³/mol.